The van der Waals surface area contributed by atoms with Gasteiger partial charge in [0, 0.05) is 12.7 Å². The molecule has 0 spiro atoms. The molecular weight excluding hydrogens is 203 g/mol. The van der Waals surface area contributed by atoms with Gasteiger partial charge < -0.3 is 4.90 Å². The maximum Gasteiger partial charge on any atom is 0.405 e. The molecule has 0 aromatic heterocycles. The molecule has 1 aromatic rings. The summed E-state index contributed by atoms with van der Waals surface area (Å²) in [6.45, 7) is -0.565. The summed E-state index contributed by atoms with van der Waals surface area (Å²) < 4.78 is 36.4. The highest BCUT2D eigenvalue weighted by Gasteiger charge is 2.30. The van der Waals surface area contributed by atoms with E-state index < -0.39 is 12.7 Å². The minimum atomic E-state index is -4.14. The molecule has 2 rings (SSSR count). The second-order valence-electron chi connectivity index (χ2n) is 3.53. The Kier molecular flexibility index (Phi) is 2.42. The number of alkyl halides is 3. The summed E-state index contributed by atoms with van der Waals surface area (Å²) in [5.41, 5.74) is 1.93. The van der Waals surface area contributed by atoms with Crippen LogP contribution in [0.4, 0.5) is 13.2 Å². The smallest absolute Gasteiger partial charge is 0.364 e. The van der Waals surface area contributed by atoms with Gasteiger partial charge in [-0.2, -0.15) is 13.2 Å². The molecule has 0 unspecified atom stereocenters. The van der Waals surface area contributed by atoms with E-state index in [2.05, 4.69) is 0 Å². The molecule has 0 bridgehead atoms. The van der Waals surface area contributed by atoms with Crippen LogP contribution in [0.1, 0.15) is 11.1 Å². The van der Waals surface area contributed by atoms with Gasteiger partial charge in [0.25, 0.3) is 0 Å². The predicted molar refractivity (Wildman–Crippen MR) is 51.9 cm³/mol. The number of nitrogens with zero attached hydrogens (tertiary/aromatic N) is 1. The third-order valence-corrected chi connectivity index (χ3v) is 2.28. The Morgan fingerprint density at radius 2 is 1.93 bits per heavy atom. The van der Waals surface area contributed by atoms with E-state index in [-0.39, 0.29) is 0 Å². The van der Waals surface area contributed by atoms with Crippen molar-refractivity contribution in [3.05, 3.63) is 41.6 Å². The summed E-state index contributed by atoms with van der Waals surface area (Å²) >= 11 is 0. The summed E-state index contributed by atoms with van der Waals surface area (Å²) in [5.74, 6) is 0. The normalized spacial score (nSPS) is 15.3. The van der Waals surface area contributed by atoms with Crippen LogP contribution in [-0.4, -0.2) is 17.6 Å². The lowest BCUT2D eigenvalue weighted by molar-refractivity contribution is -0.141. The monoisotopic (exact) mass is 213 g/mol. The predicted octanol–water partition coefficient (Wildman–Crippen LogP) is 3.04. The van der Waals surface area contributed by atoms with E-state index in [1.54, 1.807) is 6.08 Å². The molecule has 0 aliphatic carbocycles. The van der Waals surface area contributed by atoms with Crippen LogP contribution in [-0.2, 0) is 6.54 Å². The molecule has 0 saturated carbocycles. The molecule has 0 radical (unpaired) electrons. The summed E-state index contributed by atoms with van der Waals surface area (Å²) in [5, 5.41) is 0. The lowest BCUT2D eigenvalue weighted by Gasteiger charge is -2.26. The van der Waals surface area contributed by atoms with E-state index in [9.17, 15) is 13.2 Å². The van der Waals surface area contributed by atoms with Gasteiger partial charge in [-0.15, -0.1) is 0 Å². The fourth-order valence-corrected chi connectivity index (χ4v) is 1.64. The molecule has 0 saturated heterocycles. The summed E-state index contributed by atoms with van der Waals surface area (Å²) in [6.07, 6.45) is -0.934. The number of rotatable bonds is 1. The molecule has 1 aliphatic rings. The third-order valence-electron chi connectivity index (χ3n) is 2.28. The Morgan fingerprint density at radius 3 is 2.67 bits per heavy atom. The van der Waals surface area contributed by atoms with Crippen LogP contribution in [0.25, 0.3) is 6.08 Å². The number of benzene rings is 1. The van der Waals surface area contributed by atoms with Gasteiger partial charge in [-0.25, -0.2) is 0 Å². The lowest BCUT2D eigenvalue weighted by Crippen LogP contribution is -2.31. The Morgan fingerprint density at radius 1 is 1.20 bits per heavy atom. The average Bonchev–Trinajstić information content (AvgIpc) is 2.15. The minimum Gasteiger partial charge on any atom is -0.364 e. The molecule has 4 heteroatoms. The number of hydrogen-bond donors (Lipinski definition) is 0. The van der Waals surface area contributed by atoms with Crippen LogP contribution in [0, 0.1) is 0 Å². The molecule has 0 N–H and O–H groups in total. The van der Waals surface area contributed by atoms with Crippen LogP contribution in [0.3, 0.4) is 0 Å². The van der Waals surface area contributed by atoms with Gasteiger partial charge in [0.15, 0.2) is 0 Å². The zero-order valence-electron chi connectivity index (χ0n) is 7.96. The van der Waals surface area contributed by atoms with Crippen molar-refractivity contribution >= 4 is 6.08 Å². The zero-order chi connectivity index (χ0) is 10.9. The van der Waals surface area contributed by atoms with Crippen molar-refractivity contribution in [1.82, 2.24) is 4.90 Å². The molecule has 1 aliphatic heterocycles. The Hall–Kier alpha value is -1.45. The van der Waals surface area contributed by atoms with Crippen molar-refractivity contribution in [3.8, 4) is 0 Å². The fourth-order valence-electron chi connectivity index (χ4n) is 1.64. The van der Waals surface area contributed by atoms with Gasteiger partial charge in [-0.3, -0.25) is 0 Å². The molecule has 15 heavy (non-hydrogen) atoms. The highest BCUT2D eigenvalue weighted by atomic mass is 19.4. The van der Waals surface area contributed by atoms with Gasteiger partial charge in [-0.05, 0) is 17.2 Å². The molecular formula is C11H10F3N. The second kappa shape index (κ2) is 3.61. The Labute approximate surface area is 85.8 Å². The van der Waals surface area contributed by atoms with Gasteiger partial charge in [-0.1, -0.05) is 24.3 Å². The molecule has 1 aromatic carbocycles. The topological polar surface area (TPSA) is 3.24 Å². The van der Waals surface area contributed by atoms with E-state index in [1.165, 1.54) is 11.1 Å². The van der Waals surface area contributed by atoms with Gasteiger partial charge in [0.2, 0.25) is 0 Å². The minimum absolute atomic E-state index is 0.326. The van der Waals surface area contributed by atoms with Crippen molar-refractivity contribution in [2.45, 2.75) is 12.7 Å². The standard InChI is InChI=1S/C11H10F3N/c12-11(13,14)8-15-6-5-9-3-1-2-4-10(9)7-15/h1-6H,7-8H2. The first kappa shape index (κ1) is 10.1. The first-order chi connectivity index (χ1) is 7.04. The van der Waals surface area contributed by atoms with Crippen molar-refractivity contribution in [2.24, 2.45) is 0 Å². The van der Waals surface area contributed by atoms with E-state index in [1.807, 2.05) is 24.3 Å². The first-order valence-corrected chi connectivity index (χ1v) is 4.61. The summed E-state index contributed by atoms with van der Waals surface area (Å²) in [6, 6.07) is 7.46. The fraction of sp³-hybridized carbons (Fsp3) is 0.273. The molecule has 0 amide bonds. The zero-order valence-corrected chi connectivity index (χ0v) is 7.96. The second-order valence-corrected chi connectivity index (χ2v) is 3.53. The van der Waals surface area contributed by atoms with Gasteiger partial charge in [0.1, 0.15) is 6.54 Å². The Bertz CT molecular complexity index is 382. The van der Waals surface area contributed by atoms with Gasteiger partial charge >= 0.3 is 6.18 Å². The molecule has 1 nitrogen and oxygen atoms in total. The summed E-state index contributed by atoms with van der Waals surface area (Å²) in [7, 11) is 0. The summed E-state index contributed by atoms with van der Waals surface area (Å²) in [4.78, 5) is 1.27. The number of fused-ring (bicyclic) bond motifs is 1. The number of hydrogen-bond acceptors (Lipinski definition) is 1. The van der Waals surface area contributed by atoms with E-state index in [0.717, 1.165) is 11.1 Å². The first-order valence-electron chi connectivity index (χ1n) is 4.61. The molecule has 1 heterocycles. The highest BCUT2D eigenvalue weighted by Crippen LogP contribution is 2.23. The van der Waals surface area contributed by atoms with Crippen molar-refractivity contribution < 1.29 is 13.2 Å². The SMILES string of the molecule is FC(F)(F)CN1C=Cc2ccccc2C1. The van der Waals surface area contributed by atoms with E-state index >= 15 is 0 Å². The van der Waals surface area contributed by atoms with Crippen LogP contribution < -0.4 is 0 Å². The van der Waals surface area contributed by atoms with Crippen LogP contribution in [0.5, 0.6) is 0 Å². The van der Waals surface area contributed by atoms with Crippen molar-refractivity contribution in [2.75, 3.05) is 6.54 Å². The van der Waals surface area contributed by atoms with Crippen LogP contribution in [0.2, 0.25) is 0 Å². The number of halogens is 3. The molecule has 0 fully saturated rings. The lowest BCUT2D eigenvalue weighted by atomic mass is 10.0. The molecule has 80 valence electrons. The van der Waals surface area contributed by atoms with E-state index in [0.29, 0.717) is 6.54 Å². The molecule has 0 atom stereocenters. The highest BCUT2D eigenvalue weighted by molar-refractivity contribution is 5.55. The average molecular weight is 213 g/mol. The van der Waals surface area contributed by atoms with Crippen molar-refractivity contribution in [3.63, 3.8) is 0 Å². The van der Waals surface area contributed by atoms with Crippen molar-refractivity contribution in [1.29, 1.82) is 0 Å². The third kappa shape index (κ3) is 2.52. The maximum atomic E-state index is 12.1. The maximum absolute atomic E-state index is 12.1. The van der Waals surface area contributed by atoms with Gasteiger partial charge in [0.05, 0.1) is 0 Å². The van der Waals surface area contributed by atoms with E-state index in [4.69, 9.17) is 0 Å². The Balaban J connectivity index is 2.13. The largest absolute Gasteiger partial charge is 0.405 e. The van der Waals surface area contributed by atoms with Crippen LogP contribution in [0.15, 0.2) is 30.5 Å². The quantitative estimate of drug-likeness (QED) is 0.693. The van der Waals surface area contributed by atoms with Crippen LogP contribution >= 0.6 is 0 Å².